The summed E-state index contributed by atoms with van der Waals surface area (Å²) in [6.07, 6.45) is 0. The topological polar surface area (TPSA) is 61.7 Å². The van der Waals surface area contributed by atoms with Gasteiger partial charge in [-0.3, -0.25) is 4.57 Å². The van der Waals surface area contributed by atoms with Crippen LogP contribution in [-0.2, 0) is 0 Å². The monoisotopic (exact) mass is 881 g/mol. The van der Waals surface area contributed by atoms with E-state index in [-0.39, 0.29) is 0 Å². The lowest BCUT2D eigenvalue weighted by molar-refractivity contribution is 0.669. The normalized spacial score (nSPS) is 11.8. The van der Waals surface area contributed by atoms with E-state index in [9.17, 15) is 0 Å². The zero-order chi connectivity index (χ0) is 45.4. The molecule has 322 valence electrons. The van der Waals surface area contributed by atoms with Gasteiger partial charge in [0.15, 0.2) is 11.6 Å². The summed E-state index contributed by atoms with van der Waals surface area (Å²) in [5, 5.41) is 6.62. The Labute approximate surface area is 396 Å². The molecule has 14 aromatic rings. The van der Waals surface area contributed by atoms with E-state index in [1.54, 1.807) is 0 Å². The van der Waals surface area contributed by atoms with E-state index >= 15 is 0 Å². The molecular weight excluding hydrogens is 843 g/mol. The Hall–Kier alpha value is -9.39. The van der Waals surface area contributed by atoms with Crippen LogP contribution in [0.15, 0.2) is 241 Å². The minimum Gasteiger partial charge on any atom is -0.456 e. The van der Waals surface area contributed by atoms with Gasteiger partial charge in [0, 0.05) is 49.0 Å². The van der Waals surface area contributed by atoms with Gasteiger partial charge >= 0.3 is 0 Å². The first kappa shape index (κ1) is 38.8. The minimum absolute atomic E-state index is 0.520. The summed E-state index contributed by atoms with van der Waals surface area (Å²) in [7, 11) is 0. The van der Waals surface area contributed by atoms with Gasteiger partial charge < -0.3 is 8.98 Å². The molecule has 0 saturated carbocycles. The standard InChI is InChI=1S/C63H39N5O/c1-4-16-40(17-5-1)42-28-30-44(31-29-42)61-64-62(46-33-35-51-50-34-32-45(41-18-6-2-7-19-41)38-57(50)69-58(51)39-46)66-63(65-61)68-56-27-15-12-24-49(56)53-37-36-52-48-23-11-14-26-55(48)67(59(52)60(53)68)54-25-13-10-22-47(54)43-20-8-3-9-21-43/h1-39H. The van der Waals surface area contributed by atoms with Crippen molar-refractivity contribution in [3.63, 3.8) is 0 Å². The zero-order valence-corrected chi connectivity index (χ0v) is 37.2. The summed E-state index contributed by atoms with van der Waals surface area (Å²) in [6.45, 7) is 0. The van der Waals surface area contributed by atoms with Crippen molar-refractivity contribution in [3.05, 3.63) is 237 Å². The molecule has 10 aromatic carbocycles. The van der Waals surface area contributed by atoms with Gasteiger partial charge in [-0.05, 0) is 70.3 Å². The molecule has 0 N–H and O–H groups in total. The van der Waals surface area contributed by atoms with Gasteiger partial charge in [0.05, 0.1) is 27.8 Å². The zero-order valence-electron chi connectivity index (χ0n) is 37.2. The molecule has 0 amide bonds. The van der Waals surface area contributed by atoms with Crippen LogP contribution in [0.2, 0.25) is 0 Å². The van der Waals surface area contributed by atoms with E-state index in [0.29, 0.717) is 17.6 Å². The van der Waals surface area contributed by atoms with E-state index in [2.05, 4.69) is 234 Å². The number of benzene rings is 10. The largest absolute Gasteiger partial charge is 0.456 e. The fourth-order valence-corrected chi connectivity index (χ4v) is 10.4. The molecule has 14 rings (SSSR count). The van der Waals surface area contributed by atoms with Crippen molar-refractivity contribution in [3.8, 4) is 67.8 Å². The maximum atomic E-state index is 6.66. The van der Waals surface area contributed by atoms with Crippen molar-refractivity contribution in [1.29, 1.82) is 0 Å². The van der Waals surface area contributed by atoms with Gasteiger partial charge in [0.2, 0.25) is 5.95 Å². The number of para-hydroxylation sites is 3. The first-order valence-electron chi connectivity index (χ1n) is 23.3. The van der Waals surface area contributed by atoms with Gasteiger partial charge in [-0.2, -0.15) is 9.97 Å². The fourth-order valence-electron chi connectivity index (χ4n) is 10.4. The number of nitrogens with zero attached hydrogens (tertiary/aromatic N) is 5. The van der Waals surface area contributed by atoms with Crippen LogP contribution in [0.1, 0.15) is 0 Å². The number of rotatable bonds is 7. The fraction of sp³-hybridized carbons (Fsp3) is 0. The lowest BCUT2D eigenvalue weighted by Crippen LogP contribution is -2.07. The highest BCUT2D eigenvalue weighted by Crippen LogP contribution is 2.43. The molecular formula is C63H39N5O. The molecule has 0 unspecified atom stereocenters. The van der Waals surface area contributed by atoms with Gasteiger partial charge in [-0.15, -0.1) is 0 Å². The molecule has 0 atom stereocenters. The van der Waals surface area contributed by atoms with Crippen LogP contribution in [0.25, 0.3) is 133 Å². The molecule has 6 heteroatoms. The second kappa shape index (κ2) is 15.6. The Morgan fingerprint density at radius 1 is 0.290 bits per heavy atom. The Morgan fingerprint density at radius 3 is 1.38 bits per heavy atom. The molecule has 0 radical (unpaired) electrons. The Bertz CT molecular complexity index is 4280. The number of aromatic nitrogens is 5. The SMILES string of the molecule is c1ccc(-c2ccc(-c3nc(-c4ccc5c(c4)oc4cc(-c6ccccc6)ccc45)nc(-n4c5ccccc5c5ccc6c7ccccc7n(-c7ccccc7-c7ccccc7)c6c54)n3)cc2)cc1. The maximum Gasteiger partial charge on any atom is 0.238 e. The quantitative estimate of drug-likeness (QED) is 0.160. The van der Waals surface area contributed by atoms with Gasteiger partial charge in [-0.1, -0.05) is 194 Å². The van der Waals surface area contributed by atoms with Crippen LogP contribution in [-0.4, -0.2) is 24.1 Å². The van der Waals surface area contributed by atoms with E-state index in [1.165, 1.54) is 5.39 Å². The van der Waals surface area contributed by atoms with Crippen molar-refractivity contribution < 1.29 is 4.42 Å². The first-order chi connectivity index (χ1) is 34.2. The van der Waals surface area contributed by atoms with Crippen molar-refractivity contribution in [2.24, 2.45) is 0 Å². The summed E-state index contributed by atoms with van der Waals surface area (Å²) in [5.41, 5.74) is 15.4. The Kier molecular flexibility index (Phi) is 8.79. The number of fused-ring (bicyclic) bond motifs is 10. The minimum atomic E-state index is 0.520. The highest BCUT2D eigenvalue weighted by molar-refractivity contribution is 6.24. The molecule has 0 bridgehead atoms. The number of furan rings is 1. The number of hydrogen-bond acceptors (Lipinski definition) is 4. The van der Waals surface area contributed by atoms with E-state index in [1.807, 2.05) is 12.1 Å². The average Bonchev–Trinajstić information content (AvgIpc) is 4.09. The van der Waals surface area contributed by atoms with E-state index in [4.69, 9.17) is 19.4 Å². The lowest BCUT2D eigenvalue weighted by atomic mass is 10.0. The molecule has 69 heavy (non-hydrogen) atoms. The molecule has 0 aliphatic rings. The molecule has 0 saturated heterocycles. The molecule has 4 aromatic heterocycles. The van der Waals surface area contributed by atoms with Gasteiger partial charge in [-0.25, -0.2) is 4.98 Å². The third-order valence-electron chi connectivity index (χ3n) is 13.6. The van der Waals surface area contributed by atoms with Crippen LogP contribution in [0, 0.1) is 0 Å². The lowest BCUT2D eigenvalue weighted by Gasteiger charge is -2.16. The maximum absolute atomic E-state index is 6.66. The predicted molar refractivity (Wildman–Crippen MR) is 283 cm³/mol. The van der Waals surface area contributed by atoms with Crippen molar-refractivity contribution in [2.75, 3.05) is 0 Å². The molecule has 0 aliphatic carbocycles. The van der Waals surface area contributed by atoms with Gasteiger partial charge in [0.25, 0.3) is 0 Å². The van der Waals surface area contributed by atoms with E-state index < -0.39 is 0 Å². The molecule has 4 heterocycles. The van der Waals surface area contributed by atoms with Crippen molar-refractivity contribution >= 4 is 65.6 Å². The molecule has 0 aliphatic heterocycles. The second-order valence-electron chi connectivity index (χ2n) is 17.6. The first-order valence-corrected chi connectivity index (χ1v) is 23.3. The number of hydrogen-bond donors (Lipinski definition) is 0. The van der Waals surface area contributed by atoms with Crippen LogP contribution in [0.4, 0.5) is 0 Å². The van der Waals surface area contributed by atoms with Crippen LogP contribution >= 0.6 is 0 Å². The third-order valence-corrected chi connectivity index (χ3v) is 13.6. The van der Waals surface area contributed by atoms with Gasteiger partial charge in [0.1, 0.15) is 11.2 Å². The second-order valence-corrected chi connectivity index (χ2v) is 17.6. The van der Waals surface area contributed by atoms with E-state index in [0.717, 1.165) is 110 Å². The molecule has 0 spiro atoms. The van der Waals surface area contributed by atoms with Crippen LogP contribution < -0.4 is 0 Å². The van der Waals surface area contributed by atoms with Crippen LogP contribution in [0.3, 0.4) is 0 Å². The summed E-state index contributed by atoms with van der Waals surface area (Å²) >= 11 is 0. The smallest absolute Gasteiger partial charge is 0.238 e. The highest BCUT2D eigenvalue weighted by Gasteiger charge is 2.25. The van der Waals surface area contributed by atoms with Crippen LogP contribution in [0.5, 0.6) is 0 Å². The highest BCUT2D eigenvalue weighted by atomic mass is 16.3. The third kappa shape index (κ3) is 6.30. The average molecular weight is 882 g/mol. The van der Waals surface area contributed by atoms with Crippen molar-refractivity contribution in [2.45, 2.75) is 0 Å². The Morgan fingerprint density at radius 2 is 0.725 bits per heavy atom. The van der Waals surface area contributed by atoms with Crippen molar-refractivity contribution in [1.82, 2.24) is 24.1 Å². The summed E-state index contributed by atoms with van der Waals surface area (Å²) in [5.74, 6) is 1.63. The predicted octanol–water partition coefficient (Wildman–Crippen LogP) is 16.3. The Balaban J connectivity index is 1.04. The summed E-state index contributed by atoms with van der Waals surface area (Å²) in [6, 6.07) is 83.3. The molecule has 6 nitrogen and oxygen atoms in total. The summed E-state index contributed by atoms with van der Waals surface area (Å²) in [4.78, 5) is 16.2. The summed E-state index contributed by atoms with van der Waals surface area (Å²) < 4.78 is 11.4. The molecule has 0 fully saturated rings.